The number of rotatable bonds is 4. The van der Waals surface area contributed by atoms with Crippen molar-refractivity contribution in [3.63, 3.8) is 0 Å². The van der Waals surface area contributed by atoms with Crippen molar-refractivity contribution in [2.24, 2.45) is 5.73 Å². The lowest BCUT2D eigenvalue weighted by Crippen LogP contribution is -2.58. The number of carbonyl (C=O) groups is 1. The quantitative estimate of drug-likeness (QED) is 0.902. The molecule has 1 saturated heterocycles. The Hall–Kier alpha value is -2.17. The second kappa shape index (κ2) is 7.38. The zero-order chi connectivity index (χ0) is 17.9. The summed E-state index contributed by atoms with van der Waals surface area (Å²) in [6.07, 6.45) is 1.41. The first-order valence-electron chi connectivity index (χ1n) is 8.89. The zero-order valence-electron chi connectivity index (χ0n) is 15.1. The van der Waals surface area contributed by atoms with Crippen LogP contribution in [0.2, 0.25) is 0 Å². The second-order valence-corrected chi connectivity index (χ2v) is 7.16. The standard InChI is InChI=1S/C21H27N3O/c1-16-8-9-17(14-19(16)18-6-4-3-5-7-18)15-23-20(25)21(22)10-12-24(2)13-11-21/h3-9,14H,10-13,15,22H2,1-2H3,(H,23,25). The van der Waals surface area contributed by atoms with Crippen LogP contribution in [-0.4, -0.2) is 36.5 Å². The average molecular weight is 337 g/mol. The van der Waals surface area contributed by atoms with Gasteiger partial charge in [0.05, 0.1) is 5.54 Å². The summed E-state index contributed by atoms with van der Waals surface area (Å²) in [7, 11) is 2.06. The van der Waals surface area contributed by atoms with Crippen LogP contribution in [0.4, 0.5) is 0 Å². The molecule has 1 aliphatic rings. The van der Waals surface area contributed by atoms with Gasteiger partial charge >= 0.3 is 0 Å². The maximum absolute atomic E-state index is 12.6. The lowest BCUT2D eigenvalue weighted by Gasteiger charge is -2.36. The van der Waals surface area contributed by atoms with Gasteiger partial charge in [-0.25, -0.2) is 0 Å². The van der Waals surface area contributed by atoms with Crippen molar-refractivity contribution in [2.75, 3.05) is 20.1 Å². The molecule has 132 valence electrons. The minimum atomic E-state index is -0.737. The third-order valence-corrected chi connectivity index (χ3v) is 5.17. The molecule has 3 rings (SSSR count). The van der Waals surface area contributed by atoms with Crippen LogP contribution in [0.25, 0.3) is 11.1 Å². The molecule has 0 aromatic heterocycles. The number of aryl methyl sites for hydroxylation is 1. The van der Waals surface area contributed by atoms with E-state index in [9.17, 15) is 4.79 Å². The fourth-order valence-corrected chi connectivity index (χ4v) is 3.31. The third kappa shape index (κ3) is 4.09. The Labute approximate surface area is 150 Å². The first-order chi connectivity index (χ1) is 12.0. The number of nitrogens with one attached hydrogen (secondary N) is 1. The molecule has 3 N–H and O–H groups in total. The van der Waals surface area contributed by atoms with Gasteiger partial charge in [0.15, 0.2) is 0 Å². The van der Waals surface area contributed by atoms with E-state index < -0.39 is 5.54 Å². The Morgan fingerprint density at radius 1 is 1.16 bits per heavy atom. The van der Waals surface area contributed by atoms with Gasteiger partial charge in [-0.2, -0.15) is 0 Å². The number of amides is 1. The topological polar surface area (TPSA) is 58.4 Å². The highest BCUT2D eigenvalue weighted by Crippen LogP contribution is 2.24. The summed E-state index contributed by atoms with van der Waals surface area (Å²) in [6.45, 7) is 4.35. The van der Waals surface area contributed by atoms with E-state index in [1.54, 1.807) is 0 Å². The van der Waals surface area contributed by atoms with Gasteiger partial charge in [-0.3, -0.25) is 4.79 Å². The molecule has 0 radical (unpaired) electrons. The van der Waals surface area contributed by atoms with Crippen LogP contribution >= 0.6 is 0 Å². The van der Waals surface area contributed by atoms with Gasteiger partial charge in [-0.15, -0.1) is 0 Å². The van der Waals surface area contributed by atoms with Gasteiger partial charge in [0, 0.05) is 19.6 Å². The van der Waals surface area contributed by atoms with Crippen molar-refractivity contribution in [2.45, 2.75) is 31.8 Å². The molecular formula is C21H27N3O. The normalized spacial score (nSPS) is 17.2. The van der Waals surface area contributed by atoms with E-state index in [0.717, 1.165) is 18.7 Å². The number of hydrogen-bond acceptors (Lipinski definition) is 3. The van der Waals surface area contributed by atoms with Crippen LogP contribution in [0.1, 0.15) is 24.0 Å². The van der Waals surface area contributed by atoms with Gasteiger partial charge in [-0.1, -0.05) is 42.5 Å². The fraction of sp³-hybridized carbons (Fsp3) is 0.381. The maximum Gasteiger partial charge on any atom is 0.240 e. The molecule has 1 amide bonds. The molecule has 25 heavy (non-hydrogen) atoms. The first-order valence-corrected chi connectivity index (χ1v) is 8.89. The highest BCUT2D eigenvalue weighted by molar-refractivity contribution is 5.86. The lowest BCUT2D eigenvalue weighted by molar-refractivity contribution is -0.128. The van der Waals surface area contributed by atoms with Crippen LogP contribution < -0.4 is 11.1 Å². The minimum absolute atomic E-state index is 0.0394. The molecule has 1 aliphatic heterocycles. The molecular weight excluding hydrogens is 310 g/mol. The molecule has 0 unspecified atom stereocenters. The van der Waals surface area contributed by atoms with Crippen molar-refractivity contribution in [1.29, 1.82) is 0 Å². The Bertz CT molecular complexity index is 734. The summed E-state index contributed by atoms with van der Waals surface area (Å²) in [5.74, 6) is -0.0394. The molecule has 0 saturated carbocycles. The van der Waals surface area contributed by atoms with Crippen molar-refractivity contribution < 1.29 is 4.79 Å². The van der Waals surface area contributed by atoms with Gasteiger partial charge in [0.2, 0.25) is 5.91 Å². The summed E-state index contributed by atoms with van der Waals surface area (Å²) in [5.41, 5.74) is 10.3. The summed E-state index contributed by atoms with van der Waals surface area (Å²) >= 11 is 0. The molecule has 4 nitrogen and oxygen atoms in total. The smallest absolute Gasteiger partial charge is 0.240 e. The fourth-order valence-electron chi connectivity index (χ4n) is 3.31. The van der Waals surface area contributed by atoms with Crippen LogP contribution in [0, 0.1) is 6.92 Å². The molecule has 1 heterocycles. The molecule has 4 heteroatoms. The number of benzene rings is 2. The largest absolute Gasteiger partial charge is 0.350 e. The summed E-state index contributed by atoms with van der Waals surface area (Å²) in [4.78, 5) is 14.8. The van der Waals surface area contributed by atoms with Crippen LogP contribution in [0.5, 0.6) is 0 Å². The van der Waals surface area contributed by atoms with Gasteiger partial charge in [0.1, 0.15) is 0 Å². The number of nitrogens with zero attached hydrogens (tertiary/aromatic N) is 1. The predicted molar refractivity (Wildman–Crippen MR) is 102 cm³/mol. The van der Waals surface area contributed by atoms with Crippen LogP contribution in [0.3, 0.4) is 0 Å². The Morgan fingerprint density at radius 2 is 1.84 bits per heavy atom. The van der Waals surface area contributed by atoms with Crippen LogP contribution in [-0.2, 0) is 11.3 Å². The number of piperidine rings is 1. The molecule has 2 aromatic carbocycles. The highest BCUT2D eigenvalue weighted by atomic mass is 16.2. The lowest BCUT2D eigenvalue weighted by atomic mass is 9.88. The molecule has 0 aliphatic carbocycles. The minimum Gasteiger partial charge on any atom is -0.350 e. The highest BCUT2D eigenvalue weighted by Gasteiger charge is 2.36. The van der Waals surface area contributed by atoms with Gasteiger partial charge in [-0.05, 0) is 55.1 Å². The number of likely N-dealkylation sites (tertiary alicyclic amines) is 1. The number of carbonyl (C=O) groups excluding carboxylic acids is 1. The number of hydrogen-bond donors (Lipinski definition) is 2. The monoisotopic (exact) mass is 337 g/mol. The van der Waals surface area contributed by atoms with E-state index in [1.165, 1.54) is 16.7 Å². The van der Waals surface area contributed by atoms with Crippen LogP contribution in [0.15, 0.2) is 48.5 Å². The Balaban J connectivity index is 1.68. The van der Waals surface area contributed by atoms with Crippen molar-refractivity contribution in [1.82, 2.24) is 10.2 Å². The number of nitrogens with two attached hydrogens (primary N) is 1. The van der Waals surface area contributed by atoms with Crippen molar-refractivity contribution in [3.8, 4) is 11.1 Å². The predicted octanol–water partition coefficient (Wildman–Crippen LogP) is 2.70. The molecule has 0 bridgehead atoms. The van der Waals surface area contributed by atoms with Gasteiger partial charge < -0.3 is 16.0 Å². The van der Waals surface area contributed by atoms with Gasteiger partial charge in [0.25, 0.3) is 0 Å². The molecule has 1 fully saturated rings. The molecule has 0 spiro atoms. The first kappa shape index (κ1) is 17.6. The Morgan fingerprint density at radius 3 is 2.52 bits per heavy atom. The molecule has 0 atom stereocenters. The second-order valence-electron chi connectivity index (χ2n) is 7.16. The van der Waals surface area contributed by atoms with E-state index in [1.807, 2.05) is 18.2 Å². The van der Waals surface area contributed by atoms with E-state index in [0.29, 0.717) is 19.4 Å². The maximum atomic E-state index is 12.6. The van der Waals surface area contributed by atoms with Crippen molar-refractivity contribution in [3.05, 3.63) is 59.7 Å². The summed E-state index contributed by atoms with van der Waals surface area (Å²) in [6, 6.07) is 16.7. The Kier molecular flexibility index (Phi) is 5.21. The van der Waals surface area contributed by atoms with E-state index in [-0.39, 0.29) is 5.91 Å². The van der Waals surface area contributed by atoms with E-state index in [2.05, 4.69) is 54.5 Å². The summed E-state index contributed by atoms with van der Waals surface area (Å²) in [5, 5.41) is 3.04. The SMILES string of the molecule is Cc1ccc(CNC(=O)C2(N)CCN(C)CC2)cc1-c1ccccc1. The summed E-state index contributed by atoms with van der Waals surface area (Å²) < 4.78 is 0. The van der Waals surface area contributed by atoms with E-state index in [4.69, 9.17) is 5.73 Å². The molecule has 2 aromatic rings. The van der Waals surface area contributed by atoms with Crippen molar-refractivity contribution >= 4 is 5.91 Å². The van der Waals surface area contributed by atoms with E-state index >= 15 is 0 Å². The average Bonchev–Trinajstić information content (AvgIpc) is 2.64. The zero-order valence-corrected chi connectivity index (χ0v) is 15.1. The third-order valence-electron chi connectivity index (χ3n) is 5.17.